The number of carboxylic acids is 1. The van der Waals surface area contributed by atoms with Gasteiger partial charge in [-0.2, -0.15) is 0 Å². The van der Waals surface area contributed by atoms with E-state index in [4.69, 9.17) is 5.11 Å². The van der Waals surface area contributed by atoms with Crippen LogP contribution >= 0.6 is 0 Å². The molecule has 0 radical (unpaired) electrons. The van der Waals surface area contributed by atoms with Crippen molar-refractivity contribution in [2.45, 2.75) is 44.6 Å². The molecule has 1 heterocycles. The minimum Gasteiger partial charge on any atom is -0.481 e. The second-order valence-electron chi connectivity index (χ2n) is 5.58. The fourth-order valence-corrected chi connectivity index (χ4v) is 3.00. The van der Waals surface area contributed by atoms with Gasteiger partial charge >= 0.3 is 5.97 Å². The Labute approximate surface area is 112 Å². The maximum Gasteiger partial charge on any atom is 0.304 e. The van der Waals surface area contributed by atoms with Crippen LogP contribution < -0.4 is 0 Å². The van der Waals surface area contributed by atoms with E-state index in [1.807, 2.05) is 13.0 Å². The van der Waals surface area contributed by atoms with Crippen LogP contribution in [-0.2, 0) is 4.79 Å². The summed E-state index contributed by atoms with van der Waals surface area (Å²) in [5.74, 6) is -0.664. The molecule has 3 heteroatoms. The van der Waals surface area contributed by atoms with Crippen molar-refractivity contribution in [3.05, 3.63) is 36.0 Å². The van der Waals surface area contributed by atoms with Gasteiger partial charge in [-0.3, -0.25) is 4.79 Å². The van der Waals surface area contributed by atoms with Gasteiger partial charge in [-0.15, -0.1) is 0 Å². The van der Waals surface area contributed by atoms with E-state index in [1.165, 1.54) is 35.9 Å². The molecule has 0 saturated heterocycles. The van der Waals surface area contributed by atoms with Gasteiger partial charge in [-0.1, -0.05) is 25.1 Å². The molecule has 1 fully saturated rings. The molecule has 3 nitrogen and oxygen atoms in total. The van der Waals surface area contributed by atoms with Crippen molar-refractivity contribution in [1.82, 2.24) is 4.57 Å². The van der Waals surface area contributed by atoms with Crippen LogP contribution in [0.4, 0.5) is 0 Å². The summed E-state index contributed by atoms with van der Waals surface area (Å²) in [7, 11) is 0. The molecule has 2 aromatic rings. The lowest BCUT2D eigenvalue weighted by molar-refractivity contribution is -0.137. The van der Waals surface area contributed by atoms with Crippen LogP contribution in [-0.4, -0.2) is 15.6 Å². The third-order valence-electron chi connectivity index (χ3n) is 4.20. The highest BCUT2D eigenvalue weighted by Gasteiger charge is 2.26. The van der Waals surface area contributed by atoms with Crippen molar-refractivity contribution in [2.24, 2.45) is 0 Å². The molecular formula is C16H19NO2. The maximum atomic E-state index is 11.0. The van der Waals surface area contributed by atoms with Crippen molar-refractivity contribution in [1.29, 1.82) is 0 Å². The fraction of sp³-hybridized carbons (Fsp3) is 0.438. The molecular weight excluding hydrogens is 238 g/mol. The molecule has 1 aliphatic carbocycles. The first-order valence-corrected chi connectivity index (χ1v) is 6.98. The molecule has 1 atom stereocenters. The molecule has 1 aliphatic rings. The molecule has 19 heavy (non-hydrogen) atoms. The van der Waals surface area contributed by atoms with Crippen LogP contribution in [0.2, 0.25) is 0 Å². The van der Waals surface area contributed by atoms with Gasteiger partial charge in [0.15, 0.2) is 0 Å². The number of aromatic nitrogens is 1. The number of rotatable bonds is 4. The fourth-order valence-electron chi connectivity index (χ4n) is 3.00. The Hall–Kier alpha value is -1.77. The summed E-state index contributed by atoms with van der Waals surface area (Å²) in [6.07, 6.45) is 3.91. The van der Waals surface area contributed by atoms with E-state index < -0.39 is 5.97 Å². The van der Waals surface area contributed by atoms with Gasteiger partial charge in [0.05, 0.1) is 6.42 Å². The van der Waals surface area contributed by atoms with Gasteiger partial charge < -0.3 is 9.67 Å². The average Bonchev–Trinajstić information content (AvgIpc) is 2.66. The van der Waals surface area contributed by atoms with Crippen molar-refractivity contribution in [2.75, 3.05) is 0 Å². The van der Waals surface area contributed by atoms with Crippen molar-refractivity contribution >= 4 is 16.9 Å². The van der Waals surface area contributed by atoms with Gasteiger partial charge in [0.25, 0.3) is 0 Å². The standard InChI is InChI=1S/C16H19NO2/c1-11(9-16(18)19)15-10-12-5-2-3-8-14(12)17(15)13-6-4-7-13/h2-3,5,8,10-11,13H,4,6-7,9H2,1H3,(H,18,19). The summed E-state index contributed by atoms with van der Waals surface area (Å²) in [4.78, 5) is 11.0. The van der Waals surface area contributed by atoms with Crippen LogP contribution in [0.15, 0.2) is 30.3 Å². The number of nitrogens with zero attached hydrogens (tertiary/aromatic N) is 1. The first kappa shape index (κ1) is 12.3. The van der Waals surface area contributed by atoms with Crippen LogP contribution in [0, 0.1) is 0 Å². The highest BCUT2D eigenvalue weighted by Crippen LogP contribution is 2.39. The van der Waals surface area contributed by atoms with Gasteiger partial charge in [0.2, 0.25) is 0 Å². The van der Waals surface area contributed by atoms with Crippen LogP contribution in [0.3, 0.4) is 0 Å². The SMILES string of the molecule is CC(CC(=O)O)c1cc2ccccc2n1C1CCC1. The normalized spacial score (nSPS) is 17.3. The third-order valence-corrected chi connectivity index (χ3v) is 4.20. The van der Waals surface area contributed by atoms with E-state index in [2.05, 4.69) is 28.8 Å². The smallest absolute Gasteiger partial charge is 0.304 e. The van der Waals surface area contributed by atoms with Crippen molar-refractivity contribution < 1.29 is 9.90 Å². The molecule has 0 amide bonds. The Morgan fingerprint density at radius 2 is 2.16 bits per heavy atom. The minimum atomic E-state index is -0.724. The number of hydrogen-bond donors (Lipinski definition) is 1. The highest BCUT2D eigenvalue weighted by atomic mass is 16.4. The molecule has 0 spiro atoms. The molecule has 100 valence electrons. The monoisotopic (exact) mass is 257 g/mol. The maximum absolute atomic E-state index is 11.0. The van der Waals surface area contributed by atoms with Gasteiger partial charge in [-0.25, -0.2) is 0 Å². The molecule has 1 N–H and O–H groups in total. The lowest BCUT2D eigenvalue weighted by Gasteiger charge is -2.31. The minimum absolute atomic E-state index is 0.0606. The third kappa shape index (κ3) is 2.14. The zero-order valence-electron chi connectivity index (χ0n) is 11.2. The van der Waals surface area contributed by atoms with Crippen molar-refractivity contribution in [3.8, 4) is 0 Å². The first-order valence-electron chi connectivity index (χ1n) is 6.98. The van der Waals surface area contributed by atoms with Crippen LogP contribution in [0.5, 0.6) is 0 Å². The lowest BCUT2D eigenvalue weighted by atomic mass is 9.91. The lowest BCUT2D eigenvalue weighted by Crippen LogP contribution is -2.20. The Morgan fingerprint density at radius 3 is 2.79 bits per heavy atom. The second kappa shape index (κ2) is 4.72. The van der Waals surface area contributed by atoms with Gasteiger partial charge in [0, 0.05) is 23.2 Å². The average molecular weight is 257 g/mol. The van der Waals surface area contributed by atoms with Crippen molar-refractivity contribution in [3.63, 3.8) is 0 Å². The summed E-state index contributed by atoms with van der Waals surface area (Å²) in [6, 6.07) is 11.1. The highest BCUT2D eigenvalue weighted by molar-refractivity contribution is 5.82. The first-order chi connectivity index (χ1) is 9.16. The number of benzene rings is 1. The van der Waals surface area contributed by atoms with E-state index >= 15 is 0 Å². The molecule has 1 aromatic heterocycles. The molecule has 1 saturated carbocycles. The topological polar surface area (TPSA) is 42.2 Å². The molecule has 0 aliphatic heterocycles. The molecule has 3 rings (SSSR count). The summed E-state index contributed by atoms with van der Waals surface area (Å²) < 4.78 is 2.38. The number of carboxylic acid groups (broad SMARTS) is 1. The van der Waals surface area contributed by atoms with Crippen LogP contribution in [0.1, 0.15) is 50.3 Å². The summed E-state index contributed by atoms with van der Waals surface area (Å²) in [6.45, 7) is 2.01. The van der Waals surface area contributed by atoms with Crippen LogP contribution in [0.25, 0.3) is 10.9 Å². The summed E-state index contributed by atoms with van der Waals surface area (Å²) in [5.41, 5.74) is 2.42. The summed E-state index contributed by atoms with van der Waals surface area (Å²) >= 11 is 0. The zero-order chi connectivity index (χ0) is 13.4. The molecule has 0 bridgehead atoms. The predicted molar refractivity (Wildman–Crippen MR) is 75.5 cm³/mol. The largest absolute Gasteiger partial charge is 0.481 e. The number of fused-ring (bicyclic) bond motifs is 1. The Morgan fingerprint density at radius 1 is 1.42 bits per heavy atom. The van der Waals surface area contributed by atoms with E-state index in [0.717, 1.165) is 0 Å². The Bertz CT molecular complexity index is 610. The van der Waals surface area contributed by atoms with E-state index in [-0.39, 0.29) is 12.3 Å². The zero-order valence-corrected chi connectivity index (χ0v) is 11.2. The number of carbonyl (C=O) groups is 1. The van der Waals surface area contributed by atoms with Gasteiger partial charge in [-0.05, 0) is 36.8 Å². The number of para-hydroxylation sites is 1. The quantitative estimate of drug-likeness (QED) is 0.901. The molecule has 1 aromatic carbocycles. The molecule has 1 unspecified atom stereocenters. The van der Waals surface area contributed by atoms with Gasteiger partial charge in [0.1, 0.15) is 0 Å². The number of hydrogen-bond acceptors (Lipinski definition) is 1. The predicted octanol–water partition coefficient (Wildman–Crippen LogP) is 3.94. The van der Waals surface area contributed by atoms with E-state index in [9.17, 15) is 4.79 Å². The number of aliphatic carboxylic acids is 1. The van der Waals surface area contributed by atoms with E-state index in [1.54, 1.807) is 0 Å². The second-order valence-corrected chi connectivity index (χ2v) is 5.58. The summed E-state index contributed by atoms with van der Waals surface area (Å²) in [5, 5.41) is 10.2. The Balaban J connectivity index is 2.08. The Kier molecular flexibility index (Phi) is 3.05. The van der Waals surface area contributed by atoms with E-state index in [0.29, 0.717) is 6.04 Å².